The fourth-order valence-electron chi connectivity index (χ4n) is 1.86. The van der Waals surface area contributed by atoms with Crippen molar-refractivity contribution in [1.82, 2.24) is 15.2 Å². The predicted octanol–water partition coefficient (Wildman–Crippen LogP) is 6.22. The number of thioether (sulfide) groups is 1. The number of nitrogens with zero attached hydrogens (tertiary/aromatic N) is 3. The van der Waals surface area contributed by atoms with Gasteiger partial charge in [-0.2, -0.15) is 13.2 Å². The molecule has 0 N–H and O–H groups in total. The molecule has 130 valence electrons. The highest BCUT2D eigenvalue weighted by atomic mass is 35.5. The van der Waals surface area contributed by atoms with Crippen molar-refractivity contribution in [2.24, 2.45) is 0 Å². The Hall–Kier alpha value is -1.35. The van der Waals surface area contributed by atoms with Gasteiger partial charge in [0.15, 0.2) is 9.35 Å². The fourth-order valence-corrected chi connectivity index (χ4v) is 4.43. The summed E-state index contributed by atoms with van der Waals surface area (Å²) in [5.74, 6) is 0.508. The van der Waals surface area contributed by atoms with Gasteiger partial charge in [0.2, 0.25) is 0 Å². The summed E-state index contributed by atoms with van der Waals surface area (Å²) in [6.07, 6.45) is -3.63. The monoisotopic (exact) mass is 421 g/mol. The molecule has 25 heavy (non-hydrogen) atoms. The second-order valence-corrected chi connectivity index (χ2v) is 7.81. The van der Waals surface area contributed by atoms with Crippen molar-refractivity contribution < 1.29 is 13.2 Å². The Morgan fingerprint density at radius 1 is 1.04 bits per heavy atom. The molecule has 3 rings (SSSR count). The average Bonchev–Trinajstić information content (AvgIpc) is 3.03. The molecule has 0 radical (unpaired) electrons. The van der Waals surface area contributed by atoms with E-state index in [1.54, 1.807) is 18.2 Å². The highest BCUT2D eigenvalue weighted by Crippen LogP contribution is 2.35. The van der Waals surface area contributed by atoms with E-state index in [9.17, 15) is 13.2 Å². The van der Waals surface area contributed by atoms with E-state index in [0.29, 0.717) is 30.8 Å². The molecule has 0 amide bonds. The largest absolute Gasteiger partial charge is 0.417 e. The number of hydrogen-bond donors (Lipinski definition) is 0. The summed E-state index contributed by atoms with van der Waals surface area (Å²) in [4.78, 5) is 3.81. The summed E-state index contributed by atoms with van der Waals surface area (Å²) in [5, 5.41) is 9.57. The van der Waals surface area contributed by atoms with E-state index in [1.807, 2.05) is 0 Å². The number of aromatic nitrogens is 3. The summed E-state index contributed by atoms with van der Waals surface area (Å²) in [6, 6.07) is 7.52. The van der Waals surface area contributed by atoms with Crippen molar-refractivity contribution in [3.8, 4) is 10.7 Å². The van der Waals surface area contributed by atoms with Gasteiger partial charge in [-0.25, -0.2) is 0 Å². The minimum Gasteiger partial charge on any atom is -0.253 e. The first-order chi connectivity index (χ1) is 11.8. The standard InChI is InChI=1S/C15H8Cl2F3N3S2/c16-10-2-1-3-11(17)9(10)7-24-14-23-22-13(25-14)12-5-4-8(6-21-12)15(18,19)20/h1-6H,7H2. The smallest absolute Gasteiger partial charge is 0.253 e. The Bertz CT molecular complexity index is 862. The molecule has 0 atom stereocenters. The molecule has 3 nitrogen and oxygen atoms in total. The summed E-state index contributed by atoms with van der Waals surface area (Å²) in [6.45, 7) is 0. The molecular formula is C15H8Cl2F3N3S2. The van der Waals surface area contributed by atoms with Gasteiger partial charge in [-0.15, -0.1) is 10.2 Å². The Labute approximate surface area is 159 Å². The van der Waals surface area contributed by atoms with E-state index >= 15 is 0 Å². The lowest BCUT2D eigenvalue weighted by Gasteiger charge is -2.05. The van der Waals surface area contributed by atoms with Gasteiger partial charge in [0.1, 0.15) is 5.69 Å². The van der Waals surface area contributed by atoms with Gasteiger partial charge in [0.25, 0.3) is 0 Å². The van der Waals surface area contributed by atoms with Crippen LogP contribution in [0.25, 0.3) is 10.7 Å². The van der Waals surface area contributed by atoms with Gasteiger partial charge in [-0.1, -0.05) is 52.4 Å². The number of pyridine rings is 1. The first-order valence-corrected chi connectivity index (χ1v) is 9.33. The summed E-state index contributed by atoms with van der Waals surface area (Å²) in [5.41, 5.74) is 0.331. The van der Waals surface area contributed by atoms with Crippen molar-refractivity contribution in [3.63, 3.8) is 0 Å². The lowest BCUT2D eigenvalue weighted by Crippen LogP contribution is -2.05. The van der Waals surface area contributed by atoms with Gasteiger partial charge in [0.05, 0.1) is 5.56 Å². The fraction of sp³-hybridized carbons (Fsp3) is 0.133. The summed E-state index contributed by atoms with van der Waals surface area (Å²) in [7, 11) is 0. The lowest BCUT2D eigenvalue weighted by molar-refractivity contribution is -0.137. The number of rotatable bonds is 4. The second kappa shape index (κ2) is 7.49. The van der Waals surface area contributed by atoms with Gasteiger partial charge in [-0.05, 0) is 29.8 Å². The van der Waals surface area contributed by atoms with Crippen LogP contribution in [0.15, 0.2) is 40.9 Å². The Kier molecular flexibility index (Phi) is 5.52. The molecule has 0 bridgehead atoms. The summed E-state index contributed by atoms with van der Waals surface area (Å²) >= 11 is 14.9. The zero-order valence-electron chi connectivity index (χ0n) is 12.2. The van der Waals surface area contributed by atoms with Gasteiger partial charge >= 0.3 is 6.18 Å². The molecule has 0 saturated heterocycles. The van der Waals surface area contributed by atoms with Crippen molar-refractivity contribution >= 4 is 46.3 Å². The quantitative estimate of drug-likeness (QED) is 0.468. The highest BCUT2D eigenvalue weighted by Gasteiger charge is 2.30. The van der Waals surface area contributed by atoms with Gasteiger partial charge < -0.3 is 0 Å². The molecular weight excluding hydrogens is 414 g/mol. The van der Waals surface area contributed by atoms with Crippen LogP contribution >= 0.6 is 46.3 Å². The number of benzene rings is 1. The van der Waals surface area contributed by atoms with Crippen LogP contribution in [0.2, 0.25) is 10.0 Å². The molecule has 0 unspecified atom stereocenters. The van der Waals surface area contributed by atoms with E-state index in [-0.39, 0.29) is 0 Å². The minimum absolute atomic E-state index is 0.341. The molecule has 10 heteroatoms. The maximum absolute atomic E-state index is 12.6. The maximum atomic E-state index is 12.6. The number of alkyl halides is 3. The van der Waals surface area contributed by atoms with Crippen molar-refractivity contribution in [2.45, 2.75) is 16.3 Å². The molecule has 0 aliphatic heterocycles. The molecule has 2 heterocycles. The van der Waals surface area contributed by atoms with Crippen molar-refractivity contribution in [3.05, 3.63) is 57.7 Å². The van der Waals surface area contributed by atoms with Crippen LogP contribution in [0, 0.1) is 0 Å². The van der Waals surface area contributed by atoms with Crippen LogP contribution in [-0.4, -0.2) is 15.2 Å². The summed E-state index contributed by atoms with van der Waals surface area (Å²) < 4.78 is 38.3. The van der Waals surface area contributed by atoms with Crippen molar-refractivity contribution in [2.75, 3.05) is 0 Å². The molecule has 3 aromatic rings. The first kappa shape index (κ1) is 18.4. The molecule has 2 aromatic heterocycles. The van der Waals surface area contributed by atoms with Gasteiger partial charge in [0, 0.05) is 22.0 Å². The SMILES string of the molecule is FC(F)(F)c1ccc(-c2nnc(SCc3c(Cl)cccc3Cl)s2)nc1. The third-order valence-electron chi connectivity index (χ3n) is 3.12. The Morgan fingerprint density at radius 2 is 1.76 bits per heavy atom. The Morgan fingerprint density at radius 3 is 2.36 bits per heavy atom. The second-order valence-electron chi connectivity index (χ2n) is 4.79. The van der Waals surface area contributed by atoms with Crippen LogP contribution in [0.5, 0.6) is 0 Å². The van der Waals surface area contributed by atoms with Crippen molar-refractivity contribution in [1.29, 1.82) is 0 Å². The molecule has 0 aliphatic carbocycles. The topological polar surface area (TPSA) is 38.7 Å². The van der Waals surface area contributed by atoms with Crippen LogP contribution in [0.1, 0.15) is 11.1 Å². The third kappa shape index (κ3) is 4.44. The zero-order chi connectivity index (χ0) is 18.0. The molecule has 0 aliphatic rings. The van der Waals surface area contributed by atoms with Crippen LogP contribution in [0.3, 0.4) is 0 Å². The predicted molar refractivity (Wildman–Crippen MR) is 94.2 cm³/mol. The van der Waals surface area contributed by atoms with E-state index in [1.165, 1.54) is 29.2 Å². The van der Waals surface area contributed by atoms with Crippen LogP contribution < -0.4 is 0 Å². The van der Waals surface area contributed by atoms with Gasteiger partial charge in [-0.3, -0.25) is 4.98 Å². The number of halogens is 5. The van der Waals surface area contributed by atoms with Crippen LogP contribution in [0.4, 0.5) is 13.2 Å². The Balaban J connectivity index is 1.72. The van der Waals surface area contributed by atoms with E-state index in [4.69, 9.17) is 23.2 Å². The van der Waals surface area contributed by atoms with E-state index in [2.05, 4.69) is 15.2 Å². The molecule has 1 aromatic carbocycles. The van der Waals surface area contributed by atoms with E-state index in [0.717, 1.165) is 17.8 Å². The molecule has 0 fully saturated rings. The molecule has 0 spiro atoms. The highest BCUT2D eigenvalue weighted by molar-refractivity contribution is 8.00. The normalized spacial score (nSPS) is 11.7. The zero-order valence-corrected chi connectivity index (χ0v) is 15.4. The first-order valence-electron chi connectivity index (χ1n) is 6.77. The average molecular weight is 422 g/mol. The number of hydrogen-bond acceptors (Lipinski definition) is 5. The minimum atomic E-state index is -4.41. The van der Waals surface area contributed by atoms with Crippen LogP contribution in [-0.2, 0) is 11.9 Å². The lowest BCUT2D eigenvalue weighted by atomic mass is 10.2. The van der Waals surface area contributed by atoms with E-state index < -0.39 is 11.7 Å². The third-order valence-corrected chi connectivity index (χ3v) is 5.93. The maximum Gasteiger partial charge on any atom is 0.417 e. The molecule has 0 saturated carbocycles.